The Morgan fingerprint density at radius 3 is 3.00 bits per heavy atom. The van der Waals surface area contributed by atoms with E-state index in [1.54, 1.807) is 18.4 Å². The molecule has 110 valence electrons. The molecule has 1 saturated heterocycles. The summed E-state index contributed by atoms with van der Waals surface area (Å²) >= 11 is 0. The Kier molecular flexibility index (Phi) is 4.01. The number of nitrogens with zero attached hydrogens (tertiary/aromatic N) is 1. The van der Waals surface area contributed by atoms with Crippen molar-refractivity contribution in [2.24, 2.45) is 0 Å². The van der Waals surface area contributed by atoms with Crippen molar-refractivity contribution in [3.8, 4) is 11.5 Å². The van der Waals surface area contributed by atoms with Crippen molar-refractivity contribution in [1.29, 1.82) is 0 Å². The summed E-state index contributed by atoms with van der Waals surface area (Å²) in [6.07, 6.45) is 3.83. The SMILES string of the molecule is Cc1nc(-c2ccco2)ccc1C(=O)NC[C@H]1CCCO1. The number of nitrogens with one attached hydrogen (secondary N) is 1. The molecule has 2 aromatic heterocycles. The average Bonchev–Trinajstić information content (AvgIpc) is 3.18. The van der Waals surface area contributed by atoms with Crippen molar-refractivity contribution in [2.75, 3.05) is 13.2 Å². The molecule has 3 heterocycles. The van der Waals surface area contributed by atoms with Crippen LogP contribution in [0.5, 0.6) is 0 Å². The van der Waals surface area contributed by atoms with Gasteiger partial charge in [-0.15, -0.1) is 0 Å². The predicted octanol–water partition coefficient (Wildman–Crippen LogP) is 2.56. The van der Waals surface area contributed by atoms with E-state index in [1.165, 1.54) is 0 Å². The summed E-state index contributed by atoms with van der Waals surface area (Å²) in [4.78, 5) is 16.6. The molecule has 0 bridgehead atoms. The summed E-state index contributed by atoms with van der Waals surface area (Å²) < 4.78 is 10.8. The van der Waals surface area contributed by atoms with Crippen LogP contribution < -0.4 is 5.32 Å². The van der Waals surface area contributed by atoms with Crippen molar-refractivity contribution in [3.63, 3.8) is 0 Å². The second kappa shape index (κ2) is 6.10. The number of aryl methyl sites for hydroxylation is 1. The van der Waals surface area contributed by atoms with Gasteiger partial charge in [-0.2, -0.15) is 0 Å². The molecule has 2 aromatic rings. The minimum Gasteiger partial charge on any atom is -0.463 e. The fourth-order valence-corrected chi connectivity index (χ4v) is 2.47. The molecule has 1 N–H and O–H groups in total. The van der Waals surface area contributed by atoms with Gasteiger partial charge >= 0.3 is 0 Å². The van der Waals surface area contributed by atoms with Crippen LogP contribution in [0.4, 0.5) is 0 Å². The lowest BCUT2D eigenvalue weighted by atomic mass is 10.1. The molecule has 1 aliphatic heterocycles. The lowest BCUT2D eigenvalue weighted by Gasteiger charge is -2.12. The van der Waals surface area contributed by atoms with E-state index in [0.717, 1.165) is 25.1 Å². The smallest absolute Gasteiger partial charge is 0.253 e. The molecular formula is C16H18N2O3. The number of hydrogen-bond donors (Lipinski definition) is 1. The normalized spacial score (nSPS) is 17.9. The van der Waals surface area contributed by atoms with Gasteiger partial charge in [0.1, 0.15) is 5.69 Å². The molecule has 3 rings (SSSR count). The summed E-state index contributed by atoms with van der Waals surface area (Å²) in [5.41, 5.74) is 2.00. The fraction of sp³-hybridized carbons (Fsp3) is 0.375. The van der Waals surface area contributed by atoms with E-state index in [1.807, 2.05) is 19.1 Å². The van der Waals surface area contributed by atoms with Gasteiger partial charge < -0.3 is 14.5 Å². The zero-order valence-corrected chi connectivity index (χ0v) is 12.0. The molecule has 1 aliphatic rings. The number of carbonyl (C=O) groups is 1. The summed E-state index contributed by atoms with van der Waals surface area (Å²) in [6, 6.07) is 7.24. The predicted molar refractivity (Wildman–Crippen MR) is 78.0 cm³/mol. The van der Waals surface area contributed by atoms with Crippen molar-refractivity contribution >= 4 is 5.91 Å². The first-order chi connectivity index (χ1) is 10.2. The highest BCUT2D eigenvalue weighted by Crippen LogP contribution is 2.19. The van der Waals surface area contributed by atoms with Crippen LogP contribution in [0.15, 0.2) is 34.9 Å². The van der Waals surface area contributed by atoms with Gasteiger partial charge in [0.2, 0.25) is 0 Å². The molecule has 1 fully saturated rings. The van der Waals surface area contributed by atoms with E-state index >= 15 is 0 Å². The molecule has 0 unspecified atom stereocenters. The molecule has 0 aliphatic carbocycles. The van der Waals surface area contributed by atoms with Gasteiger partial charge in [-0.3, -0.25) is 4.79 Å². The van der Waals surface area contributed by atoms with E-state index < -0.39 is 0 Å². The van der Waals surface area contributed by atoms with Crippen LogP contribution in [0.1, 0.15) is 28.9 Å². The number of hydrogen-bond acceptors (Lipinski definition) is 4. The first kappa shape index (κ1) is 13.8. The highest BCUT2D eigenvalue weighted by molar-refractivity contribution is 5.95. The standard InChI is InChI=1S/C16H18N2O3/c1-11-13(16(19)17-10-12-4-2-8-20-12)6-7-14(18-11)15-5-3-9-21-15/h3,5-7,9,12H,2,4,8,10H2,1H3,(H,17,19)/t12-/m1/s1. The quantitative estimate of drug-likeness (QED) is 0.938. The van der Waals surface area contributed by atoms with Crippen LogP contribution in [0.3, 0.4) is 0 Å². The number of aromatic nitrogens is 1. The topological polar surface area (TPSA) is 64.4 Å². The Labute approximate surface area is 123 Å². The van der Waals surface area contributed by atoms with Gasteiger partial charge in [0, 0.05) is 13.2 Å². The molecule has 5 heteroatoms. The number of furan rings is 1. The first-order valence-electron chi connectivity index (χ1n) is 7.15. The van der Waals surface area contributed by atoms with E-state index in [2.05, 4.69) is 10.3 Å². The number of ether oxygens (including phenoxy) is 1. The third-order valence-electron chi connectivity index (χ3n) is 3.62. The second-order valence-electron chi connectivity index (χ2n) is 5.15. The molecule has 0 saturated carbocycles. The van der Waals surface area contributed by atoms with Gasteiger partial charge in [-0.05, 0) is 44.0 Å². The van der Waals surface area contributed by atoms with Crippen LogP contribution >= 0.6 is 0 Å². The van der Waals surface area contributed by atoms with Crippen LogP contribution in [-0.2, 0) is 4.74 Å². The number of carbonyl (C=O) groups excluding carboxylic acids is 1. The Bertz CT molecular complexity index is 616. The molecule has 0 spiro atoms. The Morgan fingerprint density at radius 1 is 1.43 bits per heavy atom. The molecule has 0 aromatic carbocycles. The van der Waals surface area contributed by atoms with Crippen LogP contribution in [0.25, 0.3) is 11.5 Å². The maximum Gasteiger partial charge on any atom is 0.253 e. The van der Waals surface area contributed by atoms with Gasteiger partial charge in [0.05, 0.1) is 23.6 Å². The molecule has 0 radical (unpaired) electrons. The lowest BCUT2D eigenvalue weighted by molar-refractivity contribution is 0.0857. The van der Waals surface area contributed by atoms with Gasteiger partial charge in [-0.25, -0.2) is 4.98 Å². The summed E-state index contributed by atoms with van der Waals surface area (Å²) in [7, 11) is 0. The van der Waals surface area contributed by atoms with Crippen LogP contribution in [0.2, 0.25) is 0 Å². The molecule has 21 heavy (non-hydrogen) atoms. The van der Waals surface area contributed by atoms with E-state index in [0.29, 0.717) is 23.6 Å². The summed E-state index contributed by atoms with van der Waals surface area (Å²) in [5, 5.41) is 2.91. The van der Waals surface area contributed by atoms with Gasteiger partial charge in [-0.1, -0.05) is 0 Å². The zero-order valence-electron chi connectivity index (χ0n) is 12.0. The van der Waals surface area contributed by atoms with Crippen molar-refractivity contribution in [1.82, 2.24) is 10.3 Å². The largest absolute Gasteiger partial charge is 0.463 e. The van der Waals surface area contributed by atoms with Crippen molar-refractivity contribution < 1.29 is 13.9 Å². The van der Waals surface area contributed by atoms with E-state index in [-0.39, 0.29) is 12.0 Å². The Balaban J connectivity index is 1.68. The van der Waals surface area contributed by atoms with Crippen LogP contribution in [0, 0.1) is 6.92 Å². The van der Waals surface area contributed by atoms with Crippen LogP contribution in [-0.4, -0.2) is 30.1 Å². The third-order valence-corrected chi connectivity index (χ3v) is 3.62. The number of rotatable bonds is 4. The first-order valence-corrected chi connectivity index (χ1v) is 7.15. The second-order valence-corrected chi connectivity index (χ2v) is 5.15. The minimum absolute atomic E-state index is 0.110. The maximum absolute atomic E-state index is 12.2. The molecule has 1 amide bonds. The number of pyridine rings is 1. The van der Waals surface area contributed by atoms with Gasteiger partial charge in [0.25, 0.3) is 5.91 Å². The average molecular weight is 286 g/mol. The Morgan fingerprint density at radius 2 is 2.33 bits per heavy atom. The van der Waals surface area contributed by atoms with Crippen molar-refractivity contribution in [2.45, 2.75) is 25.9 Å². The fourth-order valence-electron chi connectivity index (χ4n) is 2.47. The van der Waals surface area contributed by atoms with E-state index in [9.17, 15) is 4.79 Å². The summed E-state index contributed by atoms with van der Waals surface area (Å²) in [6.45, 7) is 3.17. The maximum atomic E-state index is 12.2. The molecule has 1 atom stereocenters. The molecule has 5 nitrogen and oxygen atoms in total. The number of amides is 1. The van der Waals surface area contributed by atoms with Gasteiger partial charge in [0.15, 0.2) is 5.76 Å². The van der Waals surface area contributed by atoms with Crippen molar-refractivity contribution in [3.05, 3.63) is 41.8 Å². The third kappa shape index (κ3) is 3.13. The Hall–Kier alpha value is -2.14. The monoisotopic (exact) mass is 286 g/mol. The highest BCUT2D eigenvalue weighted by atomic mass is 16.5. The molecular weight excluding hydrogens is 268 g/mol. The van der Waals surface area contributed by atoms with E-state index in [4.69, 9.17) is 9.15 Å². The lowest BCUT2D eigenvalue weighted by Crippen LogP contribution is -2.32. The minimum atomic E-state index is -0.110. The summed E-state index contributed by atoms with van der Waals surface area (Å²) in [5.74, 6) is 0.589. The zero-order chi connectivity index (χ0) is 14.7. The highest BCUT2D eigenvalue weighted by Gasteiger charge is 2.18.